The summed E-state index contributed by atoms with van der Waals surface area (Å²) in [7, 11) is 0. The summed E-state index contributed by atoms with van der Waals surface area (Å²) in [6.45, 7) is 4.77. The van der Waals surface area contributed by atoms with Gasteiger partial charge in [-0.15, -0.1) is 11.3 Å². The third-order valence-corrected chi connectivity index (χ3v) is 11.6. The Labute approximate surface area is 272 Å². The molecule has 1 aliphatic rings. The van der Waals surface area contributed by atoms with Crippen LogP contribution in [0.1, 0.15) is 25.0 Å². The van der Waals surface area contributed by atoms with Gasteiger partial charge in [-0.3, -0.25) is 0 Å². The Bertz CT molecular complexity index is 2660. The number of benzene rings is 8. The number of thiophene rings is 1. The molecule has 46 heavy (non-hydrogen) atoms. The fourth-order valence-electron chi connectivity index (χ4n) is 8.48. The lowest BCUT2D eigenvalue weighted by atomic mass is 9.79. The van der Waals surface area contributed by atoms with E-state index >= 15 is 0 Å². The van der Waals surface area contributed by atoms with Crippen molar-refractivity contribution >= 4 is 63.8 Å². The van der Waals surface area contributed by atoms with E-state index in [0.717, 1.165) is 0 Å². The Balaban J connectivity index is 1.29. The zero-order valence-corrected chi connectivity index (χ0v) is 26.6. The van der Waals surface area contributed by atoms with Crippen molar-refractivity contribution in [3.63, 3.8) is 0 Å². The van der Waals surface area contributed by atoms with Crippen LogP contribution in [0, 0.1) is 0 Å². The molecule has 1 heteroatoms. The summed E-state index contributed by atoms with van der Waals surface area (Å²) >= 11 is 1.88. The highest BCUT2D eigenvalue weighted by Crippen LogP contribution is 2.53. The molecule has 216 valence electrons. The summed E-state index contributed by atoms with van der Waals surface area (Å²) in [6, 6.07) is 54.5. The SMILES string of the molecule is CC1(C)c2ccccc2-c2ccc3c(-c4c5ccccc5c(-c5ccc6sc7ccccc7c6c5)c5ccccc45)cccc3c21. The monoisotopic (exact) mass is 602 g/mol. The van der Waals surface area contributed by atoms with Crippen LogP contribution in [0.5, 0.6) is 0 Å². The van der Waals surface area contributed by atoms with E-state index in [2.05, 4.69) is 159 Å². The summed E-state index contributed by atoms with van der Waals surface area (Å²) < 4.78 is 2.68. The highest BCUT2D eigenvalue weighted by atomic mass is 32.1. The number of hydrogen-bond donors (Lipinski definition) is 0. The van der Waals surface area contributed by atoms with Crippen molar-refractivity contribution in [2.75, 3.05) is 0 Å². The first-order valence-corrected chi connectivity index (χ1v) is 16.9. The second-order valence-electron chi connectivity index (χ2n) is 13.2. The molecular formula is C45H30S. The minimum atomic E-state index is -0.0669. The third-order valence-electron chi connectivity index (χ3n) is 10.4. The van der Waals surface area contributed by atoms with Gasteiger partial charge < -0.3 is 0 Å². The molecule has 0 radical (unpaired) electrons. The molecule has 0 atom stereocenters. The zero-order chi connectivity index (χ0) is 30.6. The predicted molar refractivity (Wildman–Crippen MR) is 200 cm³/mol. The molecule has 0 N–H and O–H groups in total. The van der Waals surface area contributed by atoms with E-state index < -0.39 is 0 Å². The van der Waals surface area contributed by atoms with E-state index in [4.69, 9.17) is 0 Å². The minimum Gasteiger partial charge on any atom is -0.135 e. The Hall–Kier alpha value is -5.24. The molecule has 1 heterocycles. The third kappa shape index (κ3) is 3.44. The Morgan fingerprint density at radius 2 is 0.978 bits per heavy atom. The van der Waals surface area contributed by atoms with Crippen molar-refractivity contribution in [2.24, 2.45) is 0 Å². The molecule has 0 nitrogen and oxygen atoms in total. The lowest BCUT2D eigenvalue weighted by molar-refractivity contribution is 0.666. The second-order valence-corrected chi connectivity index (χ2v) is 14.3. The average molecular weight is 603 g/mol. The summed E-state index contributed by atoms with van der Waals surface area (Å²) in [4.78, 5) is 0. The lowest BCUT2D eigenvalue weighted by Crippen LogP contribution is -2.15. The van der Waals surface area contributed by atoms with Crippen LogP contribution in [-0.2, 0) is 5.41 Å². The summed E-state index contributed by atoms with van der Waals surface area (Å²) in [5.41, 5.74) is 10.7. The highest BCUT2D eigenvalue weighted by molar-refractivity contribution is 7.25. The van der Waals surface area contributed by atoms with Gasteiger partial charge in [-0.25, -0.2) is 0 Å². The first kappa shape index (κ1) is 26.0. The van der Waals surface area contributed by atoms with Crippen molar-refractivity contribution in [3.05, 3.63) is 157 Å². The molecule has 0 amide bonds. The Morgan fingerprint density at radius 1 is 0.391 bits per heavy atom. The van der Waals surface area contributed by atoms with Gasteiger partial charge in [0.05, 0.1) is 0 Å². The highest BCUT2D eigenvalue weighted by Gasteiger charge is 2.36. The van der Waals surface area contributed by atoms with Crippen molar-refractivity contribution in [3.8, 4) is 33.4 Å². The fourth-order valence-corrected chi connectivity index (χ4v) is 9.57. The van der Waals surface area contributed by atoms with Crippen LogP contribution < -0.4 is 0 Å². The van der Waals surface area contributed by atoms with Gasteiger partial charge in [-0.05, 0) is 95.0 Å². The van der Waals surface area contributed by atoms with Crippen LogP contribution in [-0.4, -0.2) is 0 Å². The van der Waals surface area contributed by atoms with Crippen molar-refractivity contribution in [2.45, 2.75) is 19.3 Å². The number of fused-ring (bicyclic) bond motifs is 10. The normalized spacial score (nSPS) is 13.6. The molecule has 0 unspecified atom stereocenters. The molecule has 10 rings (SSSR count). The molecular weight excluding hydrogens is 573 g/mol. The number of hydrogen-bond acceptors (Lipinski definition) is 1. The largest absolute Gasteiger partial charge is 0.135 e. The van der Waals surface area contributed by atoms with Crippen LogP contribution in [0.3, 0.4) is 0 Å². The van der Waals surface area contributed by atoms with Crippen molar-refractivity contribution in [1.29, 1.82) is 0 Å². The fraction of sp³-hybridized carbons (Fsp3) is 0.0667. The van der Waals surface area contributed by atoms with Crippen molar-refractivity contribution in [1.82, 2.24) is 0 Å². The van der Waals surface area contributed by atoms with E-state index in [0.29, 0.717) is 0 Å². The van der Waals surface area contributed by atoms with Gasteiger partial charge in [-0.2, -0.15) is 0 Å². The first-order valence-electron chi connectivity index (χ1n) is 16.1. The maximum atomic E-state index is 2.42. The lowest BCUT2D eigenvalue weighted by Gasteiger charge is -2.24. The number of rotatable bonds is 2. The summed E-state index contributed by atoms with van der Waals surface area (Å²) in [6.07, 6.45) is 0. The van der Waals surface area contributed by atoms with E-state index in [9.17, 15) is 0 Å². The predicted octanol–water partition coefficient (Wildman–Crippen LogP) is 13.2. The summed E-state index contributed by atoms with van der Waals surface area (Å²) in [5.74, 6) is 0. The second kappa shape index (κ2) is 9.39. The van der Waals surface area contributed by atoms with Gasteiger partial charge in [0, 0.05) is 25.6 Å². The van der Waals surface area contributed by atoms with Crippen LogP contribution >= 0.6 is 11.3 Å². The molecule has 0 bridgehead atoms. The molecule has 9 aromatic rings. The van der Waals surface area contributed by atoms with E-state index in [1.54, 1.807) is 0 Å². The van der Waals surface area contributed by atoms with Gasteiger partial charge in [0.25, 0.3) is 0 Å². The molecule has 0 saturated carbocycles. The summed E-state index contributed by atoms with van der Waals surface area (Å²) in [5, 5.41) is 10.5. The maximum Gasteiger partial charge on any atom is 0.0355 e. The first-order chi connectivity index (χ1) is 22.6. The molecule has 0 spiro atoms. The standard InChI is InChI=1S/C45H30S/c1-45(2)39-20-9-7-12-29(39)37-24-23-28-31(18-11-19-36(28)44(37)45)43-34-16-5-3-14-32(34)42(33-15-4-6-17-35(33)43)27-22-25-41-38(26-27)30-13-8-10-21-40(30)46-41/h3-26H,1-2H3. The average Bonchev–Trinajstić information content (AvgIpc) is 3.58. The van der Waals surface area contributed by atoms with Crippen molar-refractivity contribution < 1.29 is 0 Å². The minimum absolute atomic E-state index is 0.0669. The molecule has 0 saturated heterocycles. The van der Waals surface area contributed by atoms with Gasteiger partial charge in [0.15, 0.2) is 0 Å². The van der Waals surface area contributed by atoms with E-state index in [1.165, 1.54) is 97.0 Å². The molecule has 1 aromatic heterocycles. The van der Waals surface area contributed by atoms with Gasteiger partial charge in [-0.1, -0.05) is 141 Å². The Kier molecular flexibility index (Phi) is 5.31. The topological polar surface area (TPSA) is 0 Å². The maximum absolute atomic E-state index is 2.42. The van der Waals surface area contributed by atoms with E-state index in [1.807, 2.05) is 11.3 Å². The van der Waals surface area contributed by atoms with Crippen LogP contribution in [0.15, 0.2) is 146 Å². The van der Waals surface area contributed by atoms with Gasteiger partial charge in [0.1, 0.15) is 0 Å². The van der Waals surface area contributed by atoms with Crippen LogP contribution in [0.4, 0.5) is 0 Å². The quantitative estimate of drug-likeness (QED) is 0.173. The smallest absolute Gasteiger partial charge is 0.0355 e. The molecule has 0 aliphatic heterocycles. The molecule has 0 fully saturated rings. The van der Waals surface area contributed by atoms with Crippen LogP contribution in [0.2, 0.25) is 0 Å². The van der Waals surface area contributed by atoms with E-state index in [-0.39, 0.29) is 5.41 Å². The molecule has 8 aromatic carbocycles. The van der Waals surface area contributed by atoms with Gasteiger partial charge >= 0.3 is 0 Å². The zero-order valence-electron chi connectivity index (χ0n) is 25.8. The molecule has 1 aliphatic carbocycles. The van der Waals surface area contributed by atoms with Gasteiger partial charge in [0.2, 0.25) is 0 Å². The van der Waals surface area contributed by atoms with Crippen LogP contribution in [0.25, 0.3) is 85.9 Å². The Morgan fingerprint density at radius 3 is 1.74 bits per heavy atom.